The number of benzene rings is 1. The lowest BCUT2D eigenvalue weighted by atomic mass is 10.1. The maximum atomic E-state index is 4.74. The molecular formula is C16H20N4. The van der Waals surface area contributed by atoms with Crippen LogP contribution in [0.3, 0.4) is 0 Å². The molecule has 0 saturated carbocycles. The van der Waals surface area contributed by atoms with Crippen molar-refractivity contribution in [3.63, 3.8) is 0 Å². The minimum Gasteiger partial charge on any atom is -0.354 e. The lowest BCUT2D eigenvalue weighted by molar-refractivity contribution is 0.584. The Hall–Kier alpha value is -1.94. The molecule has 3 rings (SSSR count). The molecule has 2 aromatic rings. The summed E-state index contributed by atoms with van der Waals surface area (Å²) in [6.07, 6.45) is 0. The van der Waals surface area contributed by atoms with Crippen molar-refractivity contribution < 1.29 is 0 Å². The van der Waals surface area contributed by atoms with E-state index in [9.17, 15) is 0 Å². The largest absolute Gasteiger partial charge is 0.354 e. The Labute approximate surface area is 119 Å². The standard InChI is InChI=1S/C16H20N4/c1-12-3-5-14(6-4-12)16-18-13(2)11-15(19-16)20-9-7-17-8-10-20/h3-6,11,17H,7-10H2,1-2H3. The monoisotopic (exact) mass is 268 g/mol. The molecule has 20 heavy (non-hydrogen) atoms. The zero-order chi connectivity index (χ0) is 13.9. The first-order valence-electron chi connectivity index (χ1n) is 7.11. The molecule has 4 nitrogen and oxygen atoms in total. The molecule has 0 amide bonds. The summed E-state index contributed by atoms with van der Waals surface area (Å²) in [6, 6.07) is 10.5. The second-order valence-electron chi connectivity index (χ2n) is 5.29. The number of aromatic nitrogens is 2. The molecule has 1 aromatic heterocycles. The number of rotatable bonds is 2. The van der Waals surface area contributed by atoms with Gasteiger partial charge in [0.05, 0.1) is 0 Å². The van der Waals surface area contributed by atoms with Gasteiger partial charge in [0.1, 0.15) is 5.82 Å². The van der Waals surface area contributed by atoms with Crippen molar-refractivity contribution in [3.05, 3.63) is 41.6 Å². The number of nitrogens with zero attached hydrogens (tertiary/aromatic N) is 3. The SMILES string of the molecule is Cc1ccc(-c2nc(C)cc(N3CCNCC3)n2)cc1. The van der Waals surface area contributed by atoms with Crippen LogP contribution in [0.25, 0.3) is 11.4 Å². The van der Waals surface area contributed by atoms with Gasteiger partial charge < -0.3 is 10.2 Å². The Kier molecular flexibility index (Phi) is 3.65. The van der Waals surface area contributed by atoms with E-state index in [0.717, 1.165) is 49.1 Å². The molecule has 1 fully saturated rings. The maximum absolute atomic E-state index is 4.74. The summed E-state index contributed by atoms with van der Waals surface area (Å²) in [7, 11) is 0. The van der Waals surface area contributed by atoms with Crippen LogP contribution in [0, 0.1) is 13.8 Å². The van der Waals surface area contributed by atoms with Gasteiger partial charge in [0.25, 0.3) is 0 Å². The topological polar surface area (TPSA) is 41.1 Å². The highest BCUT2D eigenvalue weighted by Crippen LogP contribution is 2.20. The highest BCUT2D eigenvalue weighted by molar-refractivity contribution is 5.58. The maximum Gasteiger partial charge on any atom is 0.161 e. The van der Waals surface area contributed by atoms with E-state index < -0.39 is 0 Å². The Morgan fingerprint density at radius 1 is 1.00 bits per heavy atom. The first-order valence-corrected chi connectivity index (χ1v) is 7.11. The minimum absolute atomic E-state index is 0.818. The van der Waals surface area contributed by atoms with Gasteiger partial charge in [0.2, 0.25) is 0 Å². The summed E-state index contributed by atoms with van der Waals surface area (Å²) in [4.78, 5) is 11.6. The van der Waals surface area contributed by atoms with Crippen LogP contribution >= 0.6 is 0 Å². The van der Waals surface area contributed by atoms with E-state index in [-0.39, 0.29) is 0 Å². The van der Waals surface area contributed by atoms with E-state index in [2.05, 4.69) is 52.5 Å². The van der Waals surface area contributed by atoms with E-state index in [1.54, 1.807) is 0 Å². The minimum atomic E-state index is 0.818. The van der Waals surface area contributed by atoms with Gasteiger partial charge in [0.15, 0.2) is 5.82 Å². The van der Waals surface area contributed by atoms with Crippen molar-refractivity contribution >= 4 is 5.82 Å². The van der Waals surface area contributed by atoms with Gasteiger partial charge in [-0.1, -0.05) is 29.8 Å². The average molecular weight is 268 g/mol. The third-order valence-corrected chi connectivity index (χ3v) is 3.59. The summed E-state index contributed by atoms with van der Waals surface area (Å²) in [5.41, 5.74) is 3.35. The molecule has 0 atom stereocenters. The van der Waals surface area contributed by atoms with Crippen LogP contribution in [0.1, 0.15) is 11.3 Å². The molecule has 104 valence electrons. The number of anilines is 1. The number of piperazine rings is 1. The van der Waals surface area contributed by atoms with Crippen molar-refractivity contribution in [1.29, 1.82) is 0 Å². The molecule has 0 radical (unpaired) electrons. The van der Waals surface area contributed by atoms with E-state index >= 15 is 0 Å². The fraction of sp³-hybridized carbons (Fsp3) is 0.375. The van der Waals surface area contributed by atoms with Crippen LogP contribution in [0.4, 0.5) is 5.82 Å². The molecule has 1 saturated heterocycles. The first-order chi connectivity index (χ1) is 9.72. The molecule has 0 bridgehead atoms. The predicted octanol–water partition coefficient (Wildman–Crippen LogP) is 2.17. The zero-order valence-electron chi connectivity index (χ0n) is 12.1. The number of hydrogen-bond donors (Lipinski definition) is 1. The van der Waals surface area contributed by atoms with Gasteiger partial charge in [-0.15, -0.1) is 0 Å². The Morgan fingerprint density at radius 2 is 1.70 bits per heavy atom. The van der Waals surface area contributed by atoms with Crippen molar-refractivity contribution in [3.8, 4) is 11.4 Å². The molecule has 1 aliphatic rings. The van der Waals surface area contributed by atoms with Crippen molar-refractivity contribution in [2.24, 2.45) is 0 Å². The fourth-order valence-electron chi connectivity index (χ4n) is 2.44. The fourth-order valence-corrected chi connectivity index (χ4v) is 2.44. The van der Waals surface area contributed by atoms with Gasteiger partial charge in [-0.05, 0) is 13.8 Å². The van der Waals surface area contributed by atoms with Gasteiger partial charge in [-0.3, -0.25) is 0 Å². The quantitative estimate of drug-likeness (QED) is 0.906. The molecule has 1 aliphatic heterocycles. The number of nitrogens with one attached hydrogen (secondary N) is 1. The smallest absolute Gasteiger partial charge is 0.161 e. The molecule has 4 heteroatoms. The average Bonchev–Trinajstić information content (AvgIpc) is 2.48. The summed E-state index contributed by atoms with van der Waals surface area (Å²) in [5.74, 6) is 1.85. The van der Waals surface area contributed by atoms with Crippen LogP contribution in [0.15, 0.2) is 30.3 Å². The van der Waals surface area contributed by atoms with Crippen LogP contribution < -0.4 is 10.2 Å². The van der Waals surface area contributed by atoms with Crippen LogP contribution in [0.5, 0.6) is 0 Å². The summed E-state index contributed by atoms with van der Waals surface area (Å²) in [6.45, 7) is 8.16. The van der Waals surface area contributed by atoms with Gasteiger partial charge in [-0.25, -0.2) is 9.97 Å². The highest BCUT2D eigenvalue weighted by atomic mass is 15.2. The second-order valence-corrected chi connectivity index (χ2v) is 5.29. The van der Waals surface area contributed by atoms with Crippen molar-refractivity contribution in [2.75, 3.05) is 31.1 Å². The van der Waals surface area contributed by atoms with E-state index in [0.29, 0.717) is 0 Å². The van der Waals surface area contributed by atoms with Crippen molar-refractivity contribution in [2.45, 2.75) is 13.8 Å². The predicted molar refractivity (Wildman–Crippen MR) is 82.0 cm³/mol. The molecule has 1 N–H and O–H groups in total. The highest BCUT2D eigenvalue weighted by Gasteiger charge is 2.14. The third-order valence-electron chi connectivity index (χ3n) is 3.59. The van der Waals surface area contributed by atoms with Crippen LogP contribution in [-0.4, -0.2) is 36.1 Å². The molecule has 0 aliphatic carbocycles. The molecule has 0 spiro atoms. The van der Waals surface area contributed by atoms with Gasteiger partial charge in [-0.2, -0.15) is 0 Å². The number of hydrogen-bond acceptors (Lipinski definition) is 4. The van der Waals surface area contributed by atoms with Crippen LogP contribution in [-0.2, 0) is 0 Å². The van der Waals surface area contributed by atoms with Crippen molar-refractivity contribution in [1.82, 2.24) is 15.3 Å². The third kappa shape index (κ3) is 2.80. The second kappa shape index (κ2) is 5.59. The lowest BCUT2D eigenvalue weighted by Crippen LogP contribution is -2.44. The van der Waals surface area contributed by atoms with E-state index in [4.69, 9.17) is 4.98 Å². The zero-order valence-corrected chi connectivity index (χ0v) is 12.1. The van der Waals surface area contributed by atoms with E-state index in [1.165, 1.54) is 5.56 Å². The molecule has 1 aromatic carbocycles. The normalized spacial score (nSPS) is 15.4. The lowest BCUT2D eigenvalue weighted by Gasteiger charge is -2.28. The first kappa shape index (κ1) is 13.1. The Balaban J connectivity index is 1.95. The van der Waals surface area contributed by atoms with Gasteiger partial charge >= 0.3 is 0 Å². The van der Waals surface area contributed by atoms with Gasteiger partial charge in [0, 0.05) is 43.5 Å². The van der Waals surface area contributed by atoms with E-state index in [1.807, 2.05) is 6.92 Å². The molecule has 2 heterocycles. The molecular weight excluding hydrogens is 248 g/mol. The Morgan fingerprint density at radius 3 is 2.40 bits per heavy atom. The summed E-state index contributed by atoms with van der Waals surface area (Å²) < 4.78 is 0. The number of aryl methyl sites for hydroxylation is 2. The summed E-state index contributed by atoms with van der Waals surface area (Å²) in [5, 5.41) is 3.37. The summed E-state index contributed by atoms with van der Waals surface area (Å²) >= 11 is 0. The molecule has 0 unspecified atom stereocenters. The van der Waals surface area contributed by atoms with Crippen LogP contribution in [0.2, 0.25) is 0 Å². The Bertz CT molecular complexity index is 586.